The van der Waals surface area contributed by atoms with E-state index in [2.05, 4.69) is 31.2 Å². The normalized spacial score (nSPS) is 17.3. The standard InChI is InChI=1S/C28H28FN7O2S/c1-2-36-19(16-35-10-5-11-35)14-26(34-36)30-23-15-21(32-33-27(23)37)17-8-9-20(29)22(12-17)31-28(38)25-13-18-6-3-4-7-24(18)39-25/h3-4,6-9,12-15,27,33,37H,2,5,10-11,16H2,1H3,(H,30,34)(H,31,38). The van der Waals surface area contributed by atoms with E-state index in [0.717, 1.165) is 42.0 Å². The number of aryl methyl sites for hydroxylation is 1. The van der Waals surface area contributed by atoms with E-state index in [0.29, 0.717) is 27.7 Å². The molecule has 0 saturated carbocycles. The number of anilines is 2. The van der Waals surface area contributed by atoms with Crippen LogP contribution in [0.4, 0.5) is 15.9 Å². The quantitative estimate of drug-likeness (QED) is 0.263. The smallest absolute Gasteiger partial charge is 0.265 e. The number of allylic oxidation sites excluding steroid dienone is 1. The second-order valence-electron chi connectivity index (χ2n) is 9.52. The molecular formula is C28H28FN7O2S. The molecule has 9 nitrogen and oxygen atoms in total. The SMILES string of the molecule is CCn1nc(NC2=CC(c3ccc(F)c(NC(=O)c4cc5ccccc5s4)c3)=NNC2O)cc1CN1CCC1. The van der Waals surface area contributed by atoms with Gasteiger partial charge in [0.15, 0.2) is 12.0 Å². The molecule has 4 heterocycles. The molecule has 1 unspecified atom stereocenters. The molecule has 2 aliphatic rings. The van der Waals surface area contributed by atoms with Gasteiger partial charge in [-0.2, -0.15) is 10.2 Å². The molecule has 0 spiro atoms. The van der Waals surface area contributed by atoms with Crippen LogP contribution in [-0.4, -0.2) is 50.7 Å². The number of thiophene rings is 1. The third kappa shape index (κ3) is 5.29. The Bertz CT molecular complexity index is 1570. The molecule has 1 saturated heterocycles. The van der Waals surface area contributed by atoms with Gasteiger partial charge >= 0.3 is 0 Å². The lowest BCUT2D eigenvalue weighted by Crippen LogP contribution is -2.36. The van der Waals surface area contributed by atoms with Crippen molar-refractivity contribution in [2.75, 3.05) is 23.7 Å². The maximum absolute atomic E-state index is 14.7. The molecule has 39 heavy (non-hydrogen) atoms. The number of aliphatic hydroxyl groups is 1. The Morgan fingerprint density at radius 3 is 2.82 bits per heavy atom. The van der Waals surface area contributed by atoms with E-state index >= 15 is 0 Å². The third-order valence-electron chi connectivity index (χ3n) is 6.82. The van der Waals surface area contributed by atoms with Crippen LogP contribution in [-0.2, 0) is 13.1 Å². The molecule has 4 aromatic rings. The minimum absolute atomic E-state index is 0.0454. The zero-order valence-corrected chi connectivity index (χ0v) is 22.1. The molecule has 6 rings (SSSR count). The first-order valence-electron chi connectivity index (χ1n) is 12.9. The summed E-state index contributed by atoms with van der Waals surface area (Å²) in [5.41, 5.74) is 5.33. The lowest BCUT2D eigenvalue weighted by atomic mass is 10.1. The predicted octanol–water partition coefficient (Wildman–Crippen LogP) is 4.34. The average Bonchev–Trinajstić information content (AvgIpc) is 3.52. The molecule has 11 heteroatoms. The van der Waals surface area contributed by atoms with Crippen LogP contribution in [0.2, 0.25) is 0 Å². The van der Waals surface area contributed by atoms with Crippen molar-refractivity contribution in [1.82, 2.24) is 20.1 Å². The molecule has 1 amide bonds. The van der Waals surface area contributed by atoms with Gasteiger partial charge in [-0.1, -0.05) is 18.2 Å². The minimum atomic E-state index is -1.06. The monoisotopic (exact) mass is 545 g/mol. The summed E-state index contributed by atoms with van der Waals surface area (Å²) in [5, 5.41) is 26.2. The highest BCUT2D eigenvalue weighted by molar-refractivity contribution is 7.20. The van der Waals surface area contributed by atoms with Gasteiger partial charge in [-0.15, -0.1) is 11.3 Å². The van der Waals surface area contributed by atoms with E-state index in [1.54, 1.807) is 18.2 Å². The maximum Gasteiger partial charge on any atom is 0.265 e. The van der Waals surface area contributed by atoms with E-state index in [1.165, 1.54) is 29.9 Å². The minimum Gasteiger partial charge on any atom is -0.367 e. The summed E-state index contributed by atoms with van der Waals surface area (Å²) >= 11 is 1.35. The lowest BCUT2D eigenvalue weighted by Gasteiger charge is -2.30. The van der Waals surface area contributed by atoms with E-state index in [1.807, 2.05) is 41.9 Å². The van der Waals surface area contributed by atoms with Crippen LogP contribution < -0.4 is 16.1 Å². The number of hydrogen-bond acceptors (Lipinski definition) is 8. The van der Waals surface area contributed by atoms with Gasteiger partial charge in [0.05, 0.1) is 27.7 Å². The summed E-state index contributed by atoms with van der Waals surface area (Å²) in [5.74, 6) is -0.319. The maximum atomic E-state index is 14.7. The molecule has 0 aliphatic carbocycles. The van der Waals surface area contributed by atoms with Gasteiger partial charge in [0.25, 0.3) is 5.91 Å². The number of amides is 1. The Morgan fingerprint density at radius 2 is 2.05 bits per heavy atom. The van der Waals surface area contributed by atoms with Gasteiger partial charge in [0, 0.05) is 29.4 Å². The number of nitrogens with one attached hydrogen (secondary N) is 3. The molecule has 2 aromatic heterocycles. The fourth-order valence-corrected chi connectivity index (χ4v) is 5.56. The van der Waals surface area contributed by atoms with Gasteiger partial charge < -0.3 is 15.7 Å². The van der Waals surface area contributed by atoms with Crippen LogP contribution in [0.25, 0.3) is 10.1 Å². The number of halogens is 1. The molecule has 4 N–H and O–H groups in total. The molecule has 2 aliphatic heterocycles. The first-order valence-corrected chi connectivity index (χ1v) is 13.7. The predicted molar refractivity (Wildman–Crippen MR) is 151 cm³/mol. The van der Waals surface area contributed by atoms with E-state index in [9.17, 15) is 14.3 Å². The number of aliphatic hydroxyl groups excluding tert-OH is 1. The lowest BCUT2D eigenvalue weighted by molar-refractivity contribution is 0.103. The summed E-state index contributed by atoms with van der Waals surface area (Å²) < 4.78 is 17.6. The summed E-state index contributed by atoms with van der Waals surface area (Å²) in [6.07, 6.45) is 1.84. The van der Waals surface area contributed by atoms with Crippen molar-refractivity contribution in [1.29, 1.82) is 0 Å². The summed E-state index contributed by atoms with van der Waals surface area (Å²) in [6.45, 7) is 5.80. The van der Waals surface area contributed by atoms with Crippen LogP contribution in [0.3, 0.4) is 0 Å². The van der Waals surface area contributed by atoms with Gasteiger partial charge in [0.1, 0.15) is 5.82 Å². The number of hydrogen-bond donors (Lipinski definition) is 4. The van der Waals surface area contributed by atoms with Crippen molar-refractivity contribution >= 4 is 44.5 Å². The van der Waals surface area contributed by atoms with Gasteiger partial charge in [-0.3, -0.25) is 19.8 Å². The molecule has 200 valence electrons. The van der Waals surface area contributed by atoms with Gasteiger partial charge in [-0.25, -0.2) is 4.39 Å². The zero-order valence-electron chi connectivity index (χ0n) is 21.3. The Hall–Kier alpha value is -4.06. The van der Waals surface area contributed by atoms with E-state index < -0.39 is 12.0 Å². The number of carbonyl (C=O) groups is 1. The number of likely N-dealkylation sites (tertiary alicyclic amines) is 1. The van der Waals surface area contributed by atoms with Crippen LogP contribution >= 0.6 is 11.3 Å². The van der Waals surface area contributed by atoms with Crippen molar-refractivity contribution in [2.24, 2.45) is 5.10 Å². The highest BCUT2D eigenvalue weighted by Crippen LogP contribution is 2.27. The zero-order chi connectivity index (χ0) is 26.9. The summed E-state index contributed by atoms with van der Waals surface area (Å²) in [4.78, 5) is 15.7. The highest BCUT2D eigenvalue weighted by atomic mass is 32.1. The number of aromatic nitrogens is 2. The Labute approximate surface area is 228 Å². The van der Waals surface area contributed by atoms with Crippen molar-refractivity contribution in [3.8, 4) is 0 Å². The number of hydrazone groups is 1. The second kappa shape index (κ2) is 10.6. The second-order valence-corrected chi connectivity index (χ2v) is 10.6. The molecular weight excluding hydrogens is 517 g/mol. The average molecular weight is 546 g/mol. The Morgan fingerprint density at radius 1 is 1.21 bits per heavy atom. The highest BCUT2D eigenvalue weighted by Gasteiger charge is 2.22. The number of fused-ring (bicyclic) bond motifs is 1. The largest absolute Gasteiger partial charge is 0.367 e. The molecule has 1 fully saturated rings. The van der Waals surface area contributed by atoms with Crippen LogP contribution in [0.15, 0.2) is 71.5 Å². The van der Waals surface area contributed by atoms with Crippen molar-refractivity contribution in [2.45, 2.75) is 32.7 Å². The summed E-state index contributed by atoms with van der Waals surface area (Å²) in [7, 11) is 0. The van der Waals surface area contributed by atoms with E-state index in [4.69, 9.17) is 0 Å². The summed E-state index contributed by atoms with van der Waals surface area (Å²) in [6, 6.07) is 15.9. The van der Waals surface area contributed by atoms with Crippen LogP contribution in [0.1, 0.15) is 34.3 Å². The van der Waals surface area contributed by atoms with Crippen LogP contribution in [0, 0.1) is 5.82 Å². The molecule has 1 atom stereocenters. The molecule has 2 aromatic carbocycles. The third-order valence-corrected chi connectivity index (χ3v) is 7.94. The first kappa shape index (κ1) is 25.2. The fraction of sp³-hybridized carbons (Fsp3) is 0.250. The van der Waals surface area contributed by atoms with Gasteiger partial charge in [-0.05, 0) is 68.2 Å². The fourth-order valence-electron chi connectivity index (χ4n) is 4.60. The number of rotatable bonds is 8. The molecule has 0 bridgehead atoms. The van der Waals surface area contributed by atoms with Gasteiger partial charge in [0.2, 0.25) is 0 Å². The molecule has 0 radical (unpaired) electrons. The van der Waals surface area contributed by atoms with Crippen molar-refractivity contribution < 1.29 is 14.3 Å². The van der Waals surface area contributed by atoms with Crippen molar-refractivity contribution in [3.63, 3.8) is 0 Å². The Kier molecular flexibility index (Phi) is 6.86. The van der Waals surface area contributed by atoms with E-state index in [-0.39, 0.29) is 11.6 Å². The number of nitrogens with zero attached hydrogens (tertiary/aromatic N) is 4. The Balaban J connectivity index is 1.21. The van der Waals surface area contributed by atoms with Crippen molar-refractivity contribution in [3.05, 3.63) is 88.3 Å². The number of carbonyl (C=O) groups excluding carboxylic acids is 1. The first-order chi connectivity index (χ1) is 19.0. The van der Waals surface area contributed by atoms with Crippen LogP contribution in [0.5, 0.6) is 0 Å². The topological polar surface area (TPSA) is 107 Å². The number of benzene rings is 2.